The molecule has 0 unspecified atom stereocenters. The smallest absolute Gasteiger partial charge is 0.354 e. The van der Waals surface area contributed by atoms with Crippen LogP contribution in [0.4, 0.5) is 0 Å². The Morgan fingerprint density at radius 2 is 1.86 bits per heavy atom. The number of aryl methyl sites for hydroxylation is 1. The average molecular weight is 515 g/mol. The molecule has 3 aromatic rings. The fourth-order valence-corrected chi connectivity index (χ4v) is 5.26. The number of pyridine rings is 1. The zero-order chi connectivity index (χ0) is 24.9. The number of aliphatic hydroxyl groups is 1. The van der Waals surface area contributed by atoms with Crippen LogP contribution in [0.5, 0.6) is 0 Å². The Bertz CT molecular complexity index is 1150. The fourth-order valence-electron chi connectivity index (χ4n) is 4.72. The van der Waals surface area contributed by atoms with Crippen LogP contribution in [0, 0.1) is 6.92 Å². The van der Waals surface area contributed by atoms with Gasteiger partial charge in [0.1, 0.15) is 11.8 Å². The SMILES string of the molecule is Cc1nc(C(=O)O)ccc1CN1CCC[C@H](O[C@H](CO)c2cc(Cl)cc(Cl)c2)[C@@H]1c1ccccc1. The molecule has 0 bridgehead atoms. The maximum absolute atomic E-state index is 11.3. The molecule has 184 valence electrons. The van der Waals surface area contributed by atoms with E-state index in [2.05, 4.69) is 22.0 Å². The van der Waals surface area contributed by atoms with Gasteiger partial charge in [0, 0.05) is 22.3 Å². The number of halogens is 2. The molecule has 0 saturated carbocycles. The summed E-state index contributed by atoms with van der Waals surface area (Å²) < 4.78 is 6.55. The van der Waals surface area contributed by atoms with Gasteiger partial charge in [-0.05, 0) is 67.3 Å². The Balaban J connectivity index is 1.63. The Morgan fingerprint density at radius 1 is 1.14 bits per heavy atom. The first-order valence-corrected chi connectivity index (χ1v) is 12.3. The summed E-state index contributed by atoms with van der Waals surface area (Å²) in [5, 5.41) is 20.4. The van der Waals surface area contributed by atoms with Crippen molar-refractivity contribution in [2.24, 2.45) is 0 Å². The number of carboxylic acids is 1. The molecule has 8 heteroatoms. The second-order valence-corrected chi connectivity index (χ2v) is 9.64. The highest BCUT2D eigenvalue weighted by atomic mass is 35.5. The van der Waals surface area contributed by atoms with Crippen LogP contribution in [0.25, 0.3) is 0 Å². The third kappa shape index (κ3) is 6.21. The summed E-state index contributed by atoms with van der Waals surface area (Å²) in [6.45, 7) is 3.09. The number of carbonyl (C=O) groups is 1. The minimum Gasteiger partial charge on any atom is -0.477 e. The molecule has 0 radical (unpaired) electrons. The lowest BCUT2D eigenvalue weighted by Gasteiger charge is -2.43. The van der Waals surface area contributed by atoms with E-state index in [0.717, 1.165) is 36.1 Å². The molecule has 0 amide bonds. The van der Waals surface area contributed by atoms with Crippen molar-refractivity contribution in [2.75, 3.05) is 13.2 Å². The quantitative estimate of drug-likeness (QED) is 0.392. The summed E-state index contributed by atoms with van der Waals surface area (Å²) in [5.41, 5.74) is 3.55. The average Bonchev–Trinajstić information content (AvgIpc) is 2.83. The van der Waals surface area contributed by atoms with Crippen molar-refractivity contribution in [1.82, 2.24) is 9.88 Å². The molecule has 1 aliphatic rings. The highest BCUT2D eigenvalue weighted by Gasteiger charge is 2.35. The van der Waals surface area contributed by atoms with Crippen molar-refractivity contribution in [3.8, 4) is 0 Å². The first-order chi connectivity index (χ1) is 16.9. The number of carboxylic acid groups (broad SMARTS) is 1. The second-order valence-electron chi connectivity index (χ2n) is 8.76. The van der Waals surface area contributed by atoms with Gasteiger partial charge in [-0.1, -0.05) is 59.6 Å². The Kier molecular flexibility index (Phi) is 8.42. The van der Waals surface area contributed by atoms with E-state index in [-0.39, 0.29) is 24.4 Å². The third-order valence-electron chi connectivity index (χ3n) is 6.37. The predicted octanol–water partition coefficient (Wildman–Crippen LogP) is 5.85. The van der Waals surface area contributed by atoms with Crippen molar-refractivity contribution in [3.63, 3.8) is 0 Å². The number of benzene rings is 2. The van der Waals surface area contributed by atoms with Crippen LogP contribution in [-0.4, -0.2) is 45.3 Å². The molecular weight excluding hydrogens is 487 g/mol. The number of likely N-dealkylation sites (tertiary alicyclic amines) is 1. The lowest BCUT2D eigenvalue weighted by molar-refractivity contribution is -0.100. The first kappa shape index (κ1) is 25.6. The molecule has 35 heavy (non-hydrogen) atoms. The second kappa shape index (κ2) is 11.5. The van der Waals surface area contributed by atoms with Crippen molar-refractivity contribution in [3.05, 3.63) is 98.8 Å². The van der Waals surface area contributed by atoms with E-state index < -0.39 is 12.1 Å². The monoisotopic (exact) mass is 514 g/mol. The molecule has 2 heterocycles. The molecule has 0 spiro atoms. The van der Waals surface area contributed by atoms with Gasteiger partial charge in [0.05, 0.1) is 18.8 Å². The molecule has 1 saturated heterocycles. The van der Waals surface area contributed by atoms with Crippen molar-refractivity contribution in [2.45, 2.75) is 44.6 Å². The minimum atomic E-state index is -1.04. The van der Waals surface area contributed by atoms with Crippen LogP contribution in [0.2, 0.25) is 10.0 Å². The number of aliphatic hydroxyl groups excluding tert-OH is 1. The van der Waals surface area contributed by atoms with Gasteiger partial charge in [-0.3, -0.25) is 4.90 Å². The van der Waals surface area contributed by atoms with E-state index in [9.17, 15) is 15.0 Å². The van der Waals surface area contributed by atoms with Gasteiger partial charge < -0.3 is 14.9 Å². The molecule has 1 aliphatic heterocycles. The lowest BCUT2D eigenvalue weighted by Crippen LogP contribution is -2.43. The highest BCUT2D eigenvalue weighted by molar-refractivity contribution is 6.34. The summed E-state index contributed by atoms with van der Waals surface area (Å²) in [4.78, 5) is 17.9. The van der Waals surface area contributed by atoms with Gasteiger partial charge in [-0.25, -0.2) is 9.78 Å². The van der Waals surface area contributed by atoms with Crippen molar-refractivity contribution in [1.29, 1.82) is 0 Å². The molecule has 0 aliphatic carbocycles. The van der Waals surface area contributed by atoms with E-state index in [4.69, 9.17) is 27.9 Å². The summed E-state index contributed by atoms with van der Waals surface area (Å²) in [7, 11) is 0. The number of ether oxygens (including phenoxy) is 1. The molecule has 1 fully saturated rings. The maximum atomic E-state index is 11.3. The van der Waals surface area contributed by atoms with E-state index in [0.29, 0.717) is 22.3 Å². The van der Waals surface area contributed by atoms with E-state index in [1.165, 1.54) is 0 Å². The lowest BCUT2D eigenvalue weighted by atomic mass is 9.91. The summed E-state index contributed by atoms with van der Waals surface area (Å²) in [5.74, 6) is -1.04. The number of hydrogen-bond acceptors (Lipinski definition) is 5. The standard InChI is InChI=1S/C27H28Cl2N2O4/c1-17-19(9-10-23(30-17)27(33)34)15-31-11-5-8-24(26(31)18-6-3-2-4-7-18)35-25(16-32)20-12-21(28)14-22(29)13-20/h2-4,6-7,9-10,12-14,24-26,32H,5,8,11,15-16H2,1H3,(H,33,34)/t24-,25+,26-/m0/s1. The molecule has 1 aromatic heterocycles. The van der Waals surface area contributed by atoms with Crippen LogP contribution in [-0.2, 0) is 11.3 Å². The van der Waals surface area contributed by atoms with Crippen LogP contribution in [0.15, 0.2) is 60.7 Å². The number of aromatic nitrogens is 1. The number of rotatable bonds is 8. The zero-order valence-electron chi connectivity index (χ0n) is 19.4. The number of piperidine rings is 1. The maximum Gasteiger partial charge on any atom is 0.354 e. The molecule has 3 atom stereocenters. The first-order valence-electron chi connectivity index (χ1n) is 11.6. The summed E-state index contributed by atoms with van der Waals surface area (Å²) in [6, 6.07) is 18.7. The molecule has 2 N–H and O–H groups in total. The van der Waals surface area contributed by atoms with Crippen LogP contribution in [0.3, 0.4) is 0 Å². The Morgan fingerprint density at radius 3 is 2.49 bits per heavy atom. The van der Waals surface area contributed by atoms with Crippen molar-refractivity contribution < 1.29 is 19.7 Å². The van der Waals surface area contributed by atoms with E-state index in [1.807, 2.05) is 31.2 Å². The van der Waals surface area contributed by atoms with Crippen LogP contribution in [0.1, 0.15) is 57.9 Å². The fraction of sp³-hybridized carbons (Fsp3) is 0.333. The van der Waals surface area contributed by atoms with E-state index in [1.54, 1.807) is 24.3 Å². The van der Waals surface area contributed by atoms with Gasteiger partial charge in [0.15, 0.2) is 0 Å². The normalized spacial score (nSPS) is 19.4. The third-order valence-corrected chi connectivity index (χ3v) is 6.81. The molecule has 4 rings (SSSR count). The number of aromatic carboxylic acids is 1. The molecule has 6 nitrogen and oxygen atoms in total. The Labute approximate surface area is 215 Å². The molecule has 2 aromatic carbocycles. The number of nitrogens with zero attached hydrogens (tertiary/aromatic N) is 2. The number of hydrogen-bond donors (Lipinski definition) is 2. The van der Waals surface area contributed by atoms with Crippen LogP contribution >= 0.6 is 23.2 Å². The van der Waals surface area contributed by atoms with E-state index >= 15 is 0 Å². The van der Waals surface area contributed by atoms with Gasteiger partial charge in [0.25, 0.3) is 0 Å². The minimum absolute atomic E-state index is 0.0386. The topological polar surface area (TPSA) is 82.9 Å². The Hall–Kier alpha value is -2.48. The summed E-state index contributed by atoms with van der Waals surface area (Å²) >= 11 is 12.4. The molecular formula is C27H28Cl2N2O4. The zero-order valence-corrected chi connectivity index (χ0v) is 20.9. The van der Waals surface area contributed by atoms with Gasteiger partial charge in [0.2, 0.25) is 0 Å². The van der Waals surface area contributed by atoms with Crippen LogP contribution < -0.4 is 0 Å². The largest absolute Gasteiger partial charge is 0.477 e. The van der Waals surface area contributed by atoms with Gasteiger partial charge in [-0.15, -0.1) is 0 Å². The summed E-state index contributed by atoms with van der Waals surface area (Å²) in [6.07, 6.45) is 0.992. The van der Waals surface area contributed by atoms with Crippen molar-refractivity contribution >= 4 is 29.2 Å². The van der Waals surface area contributed by atoms with Gasteiger partial charge >= 0.3 is 5.97 Å². The highest BCUT2D eigenvalue weighted by Crippen LogP contribution is 2.38. The predicted molar refractivity (Wildman–Crippen MR) is 136 cm³/mol. The van der Waals surface area contributed by atoms with Gasteiger partial charge in [-0.2, -0.15) is 0 Å².